The molecule has 0 saturated carbocycles. The van der Waals surface area contributed by atoms with Crippen molar-refractivity contribution >= 4 is 5.91 Å². The molecule has 0 aromatic heterocycles. The molecule has 4 atom stereocenters. The van der Waals surface area contributed by atoms with Gasteiger partial charge < -0.3 is 25.7 Å². The molecule has 0 rings (SSSR count). The number of amides is 1. The van der Waals surface area contributed by atoms with Crippen LogP contribution in [0.5, 0.6) is 0 Å². The Morgan fingerprint density at radius 3 is 0.935 bits per heavy atom. The molecule has 5 N–H and O–H groups in total. The molecule has 0 aliphatic heterocycles. The lowest BCUT2D eigenvalue weighted by Gasteiger charge is -2.27. The molecule has 0 bridgehead atoms. The zero-order valence-corrected chi connectivity index (χ0v) is 41.9. The Balaban J connectivity index is 3.60. The third-order valence-corrected chi connectivity index (χ3v) is 13.5. The van der Waals surface area contributed by atoms with Crippen molar-refractivity contribution in [2.24, 2.45) is 0 Å². The average Bonchev–Trinajstić information content (AvgIpc) is 3.28. The van der Waals surface area contributed by atoms with Gasteiger partial charge in [-0.15, -0.1) is 0 Å². The number of aliphatic hydroxyl groups excluding tert-OH is 4. The van der Waals surface area contributed by atoms with Gasteiger partial charge in [0, 0.05) is 0 Å². The first-order valence-electron chi connectivity index (χ1n) is 28.1. The predicted molar refractivity (Wildman–Crippen MR) is 270 cm³/mol. The van der Waals surface area contributed by atoms with Crippen molar-refractivity contribution in [1.82, 2.24) is 5.32 Å². The second-order valence-electron chi connectivity index (χ2n) is 19.6. The van der Waals surface area contributed by atoms with E-state index in [9.17, 15) is 25.2 Å². The van der Waals surface area contributed by atoms with E-state index in [0.717, 1.165) is 44.9 Å². The molecule has 0 aromatic rings. The van der Waals surface area contributed by atoms with Crippen molar-refractivity contribution < 1.29 is 25.2 Å². The van der Waals surface area contributed by atoms with Crippen LogP contribution in [0.2, 0.25) is 0 Å². The van der Waals surface area contributed by atoms with E-state index >= 15 is 0 Å². The van der Waals surface area contributed by atoms with E-state index in [1.165, 1.54) is 238 Å². The molecular formula is C56H111NO5. The van der Waals surface area contributed by atoms with E-state index in [2.05, 4.69) is 31.3 Å². The monoisotopic (exact) mass is 878 g/mol. The summed E-state index contributed by atoms with van der Waals surface area (Å²) in [5, 5.41) is 44.0. The third-order valence-electron chi connectivity index (χ3n) is 13.5. The summed E-state index contributed by atoms with van der Waals surface area (Å²) in [4.78, 5) is 12.6. The Morgan fingerprint density at radius 1 is 0.387 bits per heavy atom. The highest BCUT2D eigenvalue weighted by molar-refractivity contribution is 5.80. The first-order valence-corrected chi connectivity index (χ1v) is 28.1. The van der Waals surface area contributed by atoms with Crippen LogP contribution >= 0.6 is 0 Å². The maximum absolute atomic E-state index is 12.6. The number of rotatable bonds is 52. The summed E-state index contributed by atoms with van der Waals surface area (Å²) >= 11 is 0. The van der Waals surface area contributed by atoms with E-state index in [4.69, 9.17) is 0 Å². The van der Waals surface area contributed by atoms with Gasteiger partial charge in [0.25, 0.3) is 0 Å². The molecule has 0 fully saturated rings. The number of hydrogen-bond donors (Lipinski definition) is 5. The first-order chi connectivity index (χ1) is 30.5. The van der Waals surface area contributed by atoms with Crippen LogP contribution in [0.25, 0.3) is 0 Å². The summed E-state index contributed by atoms with van der Waals surface area (Å²) in [5.41, 5.74) is 0. The highest BCUT2D eigenvalue weighted by Gasteiger charge is 2.28. The molecule has 0 aliphatic rings. The van der Waals surface area contributed by atoms with Gasteiger partial charge in [0.2, 0.25) is 5.91 Å². The van der Waals surface area contributed by atoms with Gasteiger partial charge in [-0.3, -0.25) is 4.79 Å². The fourth-order valence-corrected chi connectivity index (χ4v) is 9.05. The van der Waals surface area contributed by atoms with Gasteiger partial charge in [-0.05, 0) is 38.5 Å². The van der Waals surface area contributed by atoms with Crippen molar-refractivity contribution in [2.75, 3.05) is 6.61 Å². The third kappa shape index (κ3) is 44.3. The zero-order chi connectivity index (χ0) is 45.2. The maximum Gasteiger partial charge on any atom is 0.249 e. The fraction of sp³-hybridized carbons (Fsp3) is 0.946. The van der Waals surface area contributed by atoms with Gasteiger partial charge in [0.1, 0.15) is 12.2 Å². The topological polar surface area (TPSA) is 110 Å². The van der Waals surface area contributed by atoms with Crippen LogP contribution in [0.15, 0.2) is 12.2 Å². The van der Waals surface area contributed by atoms with Crippen molar-refractivity contribution in [2.45, 2.75) is 334 Å². The largest absolute Gasteiger partial charge is 0.394 e. The lowest BCUT2D eigenvalue weighted by molar-refractivity contribution is -0.132. The van der Waals surface area contributed by atoms with Crippen LogP contribution < -0.4 is 5.32 Å². The number of nitrogens with one attached hydrogen (secondary N) is 1. The van der Waals surface area contributed by atoms with Crippen LogP contribution in [0.3, 0.4) is 0 Å². The van der Waals surface area contributed by atoms with Crippen LogP contribution in [-0.4, -0.2) is 57.3 Å². The summed E-state index contributed by atoms with van der Waals surface area (Å²) in [6.45, 7) is 4.09. The standard InChI is InChI=1S/C56H111NO5/c1-3-5-7-9-11-13-15-17-19-21-23-24-25-26-27-28-29-30-32-33-35-37-39-41-43-45-47-49-53(59)55(61)52(51-58)57-56(62)54(60)50-48-46-44-42-40-38-36-34-31-22-20-18-16-14-12-10-8-6-4-2/h31,34,52-55,58-61H,3-30,32-33,35-51H2,1-2H3,(H,57,62)/b34-31-. The molecule has 0 saturated heterocycles. The molecule has 6 heteroatoms. The Kier molecular flexibility index (Phi) is 50.3. The molecule has 0 radical (unpaired) electrons. The molecule has 6 nitrogen and oxygen atoms in total. The number of aliphatic hydroxyl groups is 4. The van der Waals surface area contributed by atoms with Gasteiger partial charge in [0.15, 0.2) is 0 Å². The van der Waals surface area contributed by atoms with E-state index in [1.54, 1.807) is 0 Å². The molecule has 0 aromatic carbocycles. The Bertz CT molecular complexity index is 898. The molecule has 0 heterocycles. The zero-order valence-electron chi connectivity index (χ0n) is 41.9. The quantitative estimate of drug-likeness (QED) is 0.0309. The number of hydrogen-bond acceptors (Lipinski definition) is 5. The van der Waals surface area contributed by atoms with Crippen LogP contribution in [0.4, 0.5) is 0 Å². The predicted octanol–water partition coefficient (Wildman–Crippen LogP) is 16.1. The summed E-state index contributed by atoms with van der Waals surface area (Å²) in [6.07, 6.45) is 59.9. The highest BCUT2D eigenvalue weighted by Crippen LogP contribution is 2.18. The van der Waals surface area contributed by atoms with Gasteiger partial charge in [-0.25, -0.2) is 0 Å². The second kappa shape index (κ2) is 51.0. The number of carbonyl (C=O) groups excluding carboxylic acids is 1. The Morgan fingerprint density at radius 2 is 0.645 bits per heavy atom. The molecule has 370 valence electrons. The van der Waals surface area contributed by atoms with Gasteiger partial charge in [-0.1, -0.05) is 283 Å². The van der Waals surface area contributed by atoms with Crippen molar-refractivity contribution in [3.63, 3.8) is 0 Å². The van der Waals surface area contributed by atoms with Gasteiger partial charge >= 0.3 is 0 Å². The number of allylic oxidation sites excluding steroid dienone is 2. The number of unbranched alkanes of at least 4 members (excludes halogenated alkanes) is 41. The maximum atomic E-state index is 12.6. The number of carbonyl (C=O) groups is 1. The summed E-state index contributed by atoms with van der Waals surface area (Å²) < 4.78 is 0. The fourth-order valence-electron chi connectivity index (χ4n) is 9.05. The molecule has 0 aliphatic carbocycles. The van der Waals surface area contributed by atoms with E-state index in [-0.39, 0.29) is 0 Å². The lowest BCUT2D eigenvalue weighted by Crippen LogP contribution is -2.53. The molecule has 1 amide bonds. The van der Waals surface area contributed by atoms with E-state index in [1.807, 2.05) is 0 Å². The SMILES string of the molecule is CCCCCCCCCCC/C=C\CCCCCCCCC(O)C(=O)NC(CO)C(O)C(O)CCCCCCCCCCCCCCCCCCCCCCCCCCCCC. The summed E-state index contributed by atoms with van der Waals surface area (Å²) in [5.74, 6) is -0.583. The van der Waals surface area contributed by atoms with Crippen molar-refractivity contribution in [3.8, 4) is 0 Å². The van der Waals surface area contributed by atoms with Gasteiger partial charge in [0.05, 0.1) is 18.8 Å². The lowest BCUT2D eigenvalue weighted by atomic mass is 9.99. The van der Waals surface area contributed by atoms with E-state index < -0.39 is 36.9 Å². The van der Waals surface area contributed by atoms with Crippen molar-refractivity contribution in [3.05, 3.63) is 12.2 Å². The van der Waals surface area contributed by atoms with Crippen LogP contribution in [0.1, 0.15) is 309 Å². The van der Waals surface area contributed by atoms with E-state index in [0.29, 0.717) is 12.8 Å². The summed E-state index contributed by atoms with van der Waals surface area (Å²) in [6, 6.07) is -0.986. The van der Waals surface area contributed by atoms with Crippen LogP contribution in [-0.2, 0) is 4.79 Å². The highest BCUT2D eigenvalue weighted by atomic mass is 16.3. The van der Waals surface area contributed by atoms with Crippen LogP contribution in [0, 0.1) is 0 Å². The molecule has 62 heavy (non-hydrogen) atoms. The first kappa shape index (κ1) is 61.0. The van der Waals surface area contributed by atoms with Crippen molar-refractivity contribution in [1.29, 1.82) is 0 Å². The smallest absolute Gasteiger partial charge is 0.249 e. The minimum atomic E-state index is -1.26. The Labute approximate surface area is 387 Å². The normalized spacial score (nSPS) is 13.8. The summed E-state index contributed by atoms with van der Waals surface area (Å²) in [7, 11) is 0. The molecule has 4 unspecified atom stereocenters. The average molecular weight is 879 g/mol. The van der Waals surface area contributed by atoms with Gasteiger partial charge in [-0.2, -0.15) is 0 Å². The second-order valence-corrected chi connectivity index (χ2v) is 19.6. The molecular weight excluding hydrogens is 767 g/mol. The minimum absolute atomic E-state index is 0.365. The Hall–Kier alpha value is -0.950. The molecule has 0 spiro atoms. The minimum Gasteiger partial charge on any atom is -0.394 e.